The molecule has 1 amide bonds. The Labute approximate surface area is 155 Å². The number of hydrogen-bond acceptors (Lipinski definition) is 6. The molecule has 4 heterocycles. The van der Waals surface area contributed by atoms with Crippen LogP contribution in [0.25, 0.3) is 16.9 Å². The average Bonchev–Trinajstić information content (AvgIpc) is 3.32. The molecule has 0 fully saturated rings. The molecule has 1 N–H and O–H groups in total. The van der Waals surface area contributed by atoms with Crippen molar-refractivity contribution in [2.75, 3.05) is 5.32 Å². The van der Waals surface area contributed by atoms with Gasteiger partial charge >= 0.3 is 0 Å². The number of carbonyl (C=O) groups excluding carboxylic acids is 1. The van der Waals surface area contributed by atoms with Crippen LogP contribution in [0.1, 0.15) is 31.3 Å². The molecule has 0 aliphatic carbocycles. The summed E-state index contributed by atoms with van der Waals surface area (Å²) in [6, 6.07) is 7.75. The van der Waals surface area contributed by atoms with Gasteiger partial charge in [-0.1, -0.05) is 5.16 Å². The fourth-order valence-corrected chi connectivity index (χ4v) is 2.87. The Balaban J connectivity index is 1.55. The molecule has 0 unspecified atom stereocenters. The molecule has 0 saturated carbocycles. The fraction of sp³-hybridized carbons (Fsp3) is 0.278. The molecule has 4 aromatic rings. The lowest BCUT2D eigenvalue weighted by atomic mass is 10.2. The van der Waals surface area contributed by atoms with Crippen LogP contribution >= 0.6 is 0 Å². The number of nitrogens with one attached hydrogen (secondary N) is 1. The van der Waals surface area contributed by atoms with E-state index < -0.39 is 0 Å². The molecular formula is C18H19N7O2. The predicted molar refractivity (Wildman–Crippen MR) is 98.2 cm³/mol. The van der Waals surface area contributed by atoms with Crippen molar-refractivity contribution in [1.29, 1.82) is 0 Å². The van der Waals surface area contributed by atoms with Gasteiger partial charge in [-0.25, -0.2) is 4.52 Å². The van der Waals surface area contributed by atoms with Gasteiger partial charge in [-0.05, 0) is 39.0 Å². The number of fused-ring (bicyclic) bond motifs is 1. The second-order valence-electron chi connectivity index (χ2n) is 6.57. The average molecular weight is 365 g/mol. The van der Waals surface area contributed by atoms with Crippen molar-refractivity contribution in [3.05, 3.63) is 48.1 Å². The molecule has 0 saturated heterocycles. The highest BCUT2D eigenvalue weighted by molar-refractivity contribution is 5.90. The molecule has 9 heteroatoms. The molecule has 0 aromatic carbocycles. The van der Waals surface area contributed by atoms with E-state index in [0.717, 1.165) is 17.0 Å². The normalized spacial score (nSPS) is 11.4. The van der Waals surface area contributed by atoms with Crippen LogP contribution in [0, 0.1) is 6.92 Å². The maximum absolute atomic E-state index is 12.1. The standard InChI is InChI=1S/C18H19N7O2/c1-11(2)25-15(6-7-19-25)13-4-5-16-20-18(22-24(16)10-13)21-17(26)9-14-8-12(3)23-27-14/h4-8,10-11H,9H2,1-3H3,(H,21,22,26). The maximum Gasteiger partial charge on any atom is 0.249 e. The summed E-state index contributed by atoms with van der Waals surface area (Å²) in [5.41, 5.74) is 3.33. The van der Waals surface area contributed by atoms with Gasteiger partial charge in [-0.2, -0.15) is 10.1 Å². The van der Waals surface area contributed by atoms with E-state index in [0.29, 0.717) is 11.4 Å². The highest BCUT2D eigenvalue weighted by atomic mass is 16.5. The molecule has 0 bridgehead atoms. The molecule has 0 radical (unpaired) electrons. The number of hydrogen-bond donors (Lipinski definition) is 1. The molecule has 4 rings (SSSR count). The first-order valence-corrected chi connectivity index (χ1v) is 8.62. The number of pyridine rings is 1. The topological polar surface area (TPSA) is 103 Å². The van der Waals surface area contributed by atoms with E-state index >= 15 is 0 Å². The van der Waals surface area contributed by atoms with Crippen LogP contribution in [0.2, 0.25) is 0 Å². The molecule has 0 atom stereocenters. The summed E-state index contributed by atoms with van der Waals surface area (Å²) in [6.07, 6.45) is 3.72. The van der Waals surface area contributed by atoms with E-state index in [2.05, 4.69) is 39.5 Å². The van der Waals surface area contributed by atoms with Crippen LogP contribution in [0.4, 0.5) is 5.95 Å². The minimum atomic E-state index is -0.264. The molecule has 4 aromatic heterocycles. The Morgan fingerprint density at radius 2 is 2.15 bits per heavy atom. The third-order valence-corrected chi connectivity index (χ3v) is 4.05. The second kappa shape index (κ2) is 6.67. The largest absolute Gasteiger partial charge is 0.361 e. The van der Waals surface area contributed by atoms with E-state index in [1.165, 1.54) is 0 Å². The van der Waals surface area contributed by atoms with E-state index in [1.807, 2.05) is 29.1 Å². The van der Waals surface area contributed by atoms with Crippen molar-refractivity contribution in [3.8, 4) is 11.3 Å². The van der Waals surface area contributed by atoms with E-state index in [1.54, 1.807) is 23.7 Å². The van der Waals surface area contributed by atoms with Gasteiger partial charge in [0.1, 0.15) is 5.76 Å². The minimum Gasteiger partial charge on any atom is -0.361 e. The van der Waals surface area contributed by atoms with Crippen LogP contribution in [0.5, 0.6) is 0 Å². The number of carbonyl (C=O) groups is 1. The zero-order valence-corrected chi connectivity index (χ0v) is 15.2. The molecule has 0 spiro atoms. The molecular weight excluding hydrogens is 346 g/mol. The summed E-state index contributed by atoms with van der Waals surface area (Å²) >= 11 is 0. The van der Waals surface area contributed by atoms with Gasteiger partial charge < -0.3 is 4.52 Å². The number of anilines is 1. The minimum absolute atomic E-state index is 0.0786. The lowest BCUT2D eigenvalue weighted by Gasteiger charge is -2.10. The number of rotatable bonds is 5. The Bertz CT molecular complexity index is 1110. The van der Waals surface area contributed by atoms with Gasteiger partial charge in [0.05, 0.1) is 17.8 Å². The van der Waals surface area contributed by atoms with Crippen molar-refractivity contribution >= 4 is 17.5 Å². The monoisotopic (exact) mass is 365 g/mol. The maximum atomic E-state index is 12.1. The Morgan fingerprint density at radius 1 is 1.30 bits per heavy atom. The second-order valence-corrected chi connectivity index (χ2v) is 6.57. The van der Waals surface area contributed by atoms with Gasteiger partial charge in [0, 0.05) is 30.1 Å². The third kappa shape index (κ3) is 3.43. The fourth-order valence-electron chi connectivity index (χ4n) is 2.87. The summed E-state index contributed by atoms with van der Waals surface area (Å²) in [5.74, 6) is 0.476. The quantitative estimate of drug-likeness (QED) is 0.583. The van der Waals surface area contributed by atoms with E-state index in [9.17, 15) is 4.79 Å². The summed E-state index contributed by atoms with van der Waals surface area (Å²) in [6.45, 7) is 5.96. The smallest absolute Gasteiger partial charge is 0.249 e. The van der Waals surface area contributed by atoms with Crippen molar-refractivity contribution in [1.82, 2.24) is 29.5 Å². The van der Waals surface area contributed by atoms with Crippen LogP contribution < -0.4 is 5.32 Å². The highest BCUT2D eigenvalue weighted by Gasteiger charge is 2.13. The van der Waals surface area contributed by atoms with Gasteiger partial charge in [-0.3, -0.25) is 14.8 Å². The molecule has 27 heavy (non-hydrogen) atoms. The van der Waals surface area contributed by atoms with E-state index in [-0.39, 0.29) is 24.3 Å². The summed E-state index contributed by atoms with van der Waals surface area (Å²) < 4.78 is 8.64. The lowest BCUT2D eigenvalue weighted by molar-refractivity contribution is -0.115. The number of aryl methyl sites for hydroxylation is 1. The van der Waals surface area contributed by atoms with Crippen molar-refractivity contribution in [2.45, 2.75) is 33.2 Å². The van der Waals surface area contributed by atoms with Crippen molar-refractivity contribution < 1.29 is 9.32 Å². The number of amides is 1. The summed E-state index contributed by atoms with van der Waals surface area (Å²) in [4.78, 5) is 16.5. The Hall–Kier alpha value is -3.49. The zero-order chi connectivity index (χ0) is 19.0. The van der Waals surface area contributed by atoms with Crippen LogP contribution in [0.15, 0.2) is 41.2 Å². The number of nitrogens with zero attached hydrogens (tertiary/aromatic N) is 6. The zero-order valence-electron chi connectivity index (χ0n) is 15.2. The predicted octanol–water partition coefficient (Wildman–Crippen LogP) is 2.65. The molecule has 0 aliphatic rings. The first kappa shape index (κ1) is 17.0. The lowest BCUT2D eigenvalue weighted by Crippen LogP contribution is -2.15. The first-order valence-electron chi connectivity index (χ1n) is 8.62. The van der Waals surface area contributed by atoms with Crippen molar-refractivity contribution in [2.24, 2.45) is 0 Å². The SMILES string of the molecule is Cc1cc(CC(=O)Nc2nc3ccc(-c4ccnn4C(C)C)cn3n2)on1. The number of aromatic nitrogens is 6. The molecule has 9 nitrogen and oxygen atoms in total. The highest BCUT2D eigenvalue weighted by Crippen LogP contribution is 2.22. The van der Waals surface area contributed by atoms with Crippen LogP contribution in [0.3, 0.4) is 0 Å². The van der Waals surface area contributed by atoms with Crippen LogP contribution in [-0.4, -0.2) is 35.4 Å². The van der Waals surface area contributed by atoms with Gasteiger partial charge in [0.2, 0.25) is 11.9 Å². The van der Waals surface area contributed by atoms with Crippen molar-refractivity contribution in [3.63, 3.8) is 0 Å². The van der Waals surface area contributed by atoms with Gasteiger partial charge in [-0.15, -0.1) is 5.10 Å². The Morgan fingerprint density at radius 3 is 2.89 bits per heavy atom. The van der Waals surface area contributed by atoms with Gasteiger partial charge in [0.25, 0.3) is 0 Å². The first-order chi connectivity index (χ1) is 13.0. The summed E-state index contributed by atoms with van der Waals surface area (Å²) in [7, 11) is 0. The Kier molecular flexibility index (Phi) is 4.19. The van der Waals surface area contributed by atoms with Crippen LogP contribution in [-0.2, 0) is 11.2 Å². The third-order valence-electron chi connectivity index (χ3n) is 4.05. The molecule has 0 aliphatic heterocycles. The summed E-state index contributed by atoms with van der Waals surface area (Å²) in [5, 5.41) is 15.2. The van der Waals surface area contributed by atoms with E-state index in [4.69, 9.17) is 4.52 Å². The molecule has 138 valence electrons. The van der Waals surface area contributed by atoms with Gasteiger partial charge in [0.15, 0.2) is 5.65 Å².